The molecule has 1 heterocycles. The number of sulfonamides is 1. The van der Waals surface area contributed by atoms with Crippen molar-refractivity contribution in [3.05, 3.63) is 48.3 Å². The highest BCUT2D eigenvalue weighted by atomic mass is 32.2. The molecule has 2 aromatic carbocycles. The molecule has 10 heteroatoms. The average molecular weight is 473 g/mol. The molecule has 9 nitrogen and oxygen atoms in total. The number of nitrogens with zero attached hydrogens (tertiary/aromatic N) is 4. The molecule has 0 aliphatic heterocycles. The van der Waals surface area contributed by atoms with E-state index >= 15 is 0 Å². The van der Waals surface area contributed by atoms with E-state index < -0.39 is 10.0 Å². The summed E-state index contributed by atoms with van der Waals surface area (Å²) in [6.07, 6.45) is 3.82. The second kappa shape index (κ2) is 10.8. The van der Waals surface area contributed by atoms with Crippen molar-refractivity contribution in [1.82, 2.24) is 25.0 Å². The van der Waals surface area contributed by atoms with Crippen LogP contribution in [0.1, 0.15) is 49.6 Å². The summed E-state index contributed by atoms with van der Waals surface area (Å²) in [6, 6.07) is 11.2. The van der Waals surface area contributed by atoms with Gasteiger partial charge in [0.25, 0.3) is 5.91 Å². The van der Waals surface area contributed by atoms with E-state index in [0.29, 0.717) is 30.6 Å². The van der Waals surface area contributed by atoms with Gasteiger partial charge in [0.1, 0.15) is 0 Å². The fourth-order valence-electron chi connectivity index (χ4n) is 3.53. The van der Waals surface area contributed by atoms with Crippen LogP contribution in [0.15, 0.2) is 47.5 Å². The molecular weight excluding hydrogens is 440 g/mol. The summed E-state index contributed by atoms with van der Waals surface area (Å²) in [5.74, 6) is -0.254. The summed E-state index contributed by atoms with van der Waals surface area (Å²) in [6.45, 7) is 4.76. The Morgan fingerprint density at radius 1 is 1.03 bits per heavy atom. The highest BCUT2D eigenvalue weighted by molar-refractivity contribution is 7.89. The van der Waals surface area contributed by atoms with Crippen LogP contribution in [0.5, 0.6) is 0 Å². The van der Waals surface area contributed by atoms with E-state index in [9.17, 15) is 13.2 Å². The monoisotopic (exact) mass is 472 g/mol. The first-order chi connectivity index (χ1) is 15.7. The van der Waals surface area contributed by atoms with Gasteiger partial charge in [-0.2, -0.15) is 0 Å². The highest BCUT2D eigenvalue weighted by Gasteiger charge is 2.18. The third kappa shape index (κ3) is 6.08. The number of nitrogens with one attached hydrogen (secondary N) is 2. The number of carbonyl (C=O) groups is 1. The summed E-state index contributed by atoms with van der Waals surface area (Å²) in [4.78, 5) is 14.4. The molecule has 1 aromatic heterocycles. The zero-order valence-corrected chi connectivity index (χ0v) is 20.4. The van der Waals surface area contributed by atoms with E-state index in [2.05, 4.69) is 20.4 Å². The maximum absolute atomic E-state index is 12.9. The van der Waals surface area contributed by atoms with E-state index in [4.69, 9.17) is 0 Å². The molecule has 0 bridgehead atoms. The minimum absolute atomic E-state index is 0.145. The Morgan fingerprint density at radius 3 is 2.42 bits per heavy atom. The van der Waals surface area contributed by atoms with Crippen molar-refractivity contribution in [3.63, 3.8) is 0 Å². The van der Waals surface area contributed by atoms with Gasteiger partial charge in [0.15, 0.2) is 5.69 Å². The third-order valence-electron chi connectivity index (χ3n) is 5.33. The SMILES string of the molecule is CC(C)n1cc(C(=O)NCCCCCNS(=O)(=O)c2cccc3c(N(C)C)cccc23)nn1. The van der Waals surface area contributed by atoms with Gasteiger partial charge in [-0.05, 0) is 38.8 Å². The molecule has 0 aliphatic carbocycles. The molecule has 0 saturated heterocycles. The lowest BCUT2D eigenvalue weighted by molar-refractivity contribution is 0.0948. The molecule has 0 saturated carbocycles. The number of rotatable bonds is 11. The first kappa shape index (κ1) is 24.7. The molecule has 1 amide bonds. The van der Waals surface area contributed by atoms with Crippen molar-refractivity contribution < 1.29 is 13.2 Å². The number of carbonyl (C=O) groups excluding carboxylic acids is 1. The molecule has 0 radical (unpaired) electrons. The summed E-state index contributed by atoms with van der Waals surface area (Å²) in [5.41, 5.74) is 1.27. The van der Waals surface area contributed by atoms with Crippen molar-refractivity contribution in [2.75, 3.05) is 32.1 Å². The average Bonchev–Trinajstić information content (AvgIpc) is 3.28. The Hall–Kier alpha value is -2.98. The molecule has 33 heavy (non-hydrogen) atoms. The minimum Gasteiger partial charge on any atom is -0.377 e. The molecule has 0 unspecified atom stereocenters. The van der Waals surface area contributed by atoms with E-state index in [1.165, 1.54) is 0 Å². The number of amides is 1. The van der Waals surface area contributed by atoms with Crippen molar-refractivity contribution in [3.8, 4) is 0 Å². The Labute approximate surface area is 195 Å². The van der Waals surface area contributed by atoms with Crippen molar-refractivity contribution >= 4 is 32.4 Å². The van der Waals surface area contributed by atoms with Gasteiger partial charge in [-0.3, -0.25) is 4.79 Å². The molecular formula is C23H32N6O3S. The quantitative estimate of drug-likeness (QED) is 0.415. The largest absolute Gasteiger partial charge is 0.377 e. The number of hydrogen-bond donors (Lipinski definition) is 2. The van der Waals surface area contributed by atoms with E-state index in [1.807, 2.05) is 57.1 Å². The zero-order chi connectivity index (χ0) is 24.0. The van der Waals surface area contributed by atoms with E-state index in [-0.39, 0.29) is 16.8 Å². The third-order valence-corrected chi connectivity index (χ3v) is 6.85. The second-order valence-corrected chi connectivity index (χ2v) is 10.2. The van der Waals surface area contributed by atoms with Crippen LogP contribution in [0, 0.1) is 0 Å². The molecule has 3 aromatic rings. The molecule has 178 valence electrons. The Balaban J connectivity index is 1.47. The summed E-state index contributed by atoms with van der Waals surface area (Å²) >= 11 is 0. The maximum atomic E-state index is 12.9. The molecule has 0 aliphatic rings. The number of benzene rings is 2. The van der Waals surface area contributed by atoms with Crippen molar-refractivity contribution in [2.24, 2.45) is 0 Å². The van der Waals surface area contributed by atoms with Gasteiger partial charge in [-0.1, -0.05) is 35.9 Å². The molecule has 0 spiro atoms. The fourth-order valence-corrected chi connectivity index (χ4v) is 4.82. The molecule has 0 atom stereocenters. The van der Waals surface area contributed by atoms with Gasteiger partial charge in [-0.15, -0.1) is 5.10 Å². The number of hydrogen-bond acceptors (Lipinski definition) is 6. The van der Waals surface area contributed by atoms with Crippen LogP contribution in [0.2, 0.25) is 0 Å². The summed E-state index contributed by atoms with van der Waals surface area (Å²) < 4.78 is 30.2. The van der Waals surface area contributed by atoms with Gasteiger partial charge < -0.3 is 10.2 Å². The van der Waals surface area contributed by atoms with Gasteiger partial charge in [0.05, 0.1) is 11.1 Å². The molecule has 0 fully saturated rings. The van der Waals surface area contributed by atoms with Crippen LogP contribution < -0.4 is 14.9 Å². The number of unbranched alkanes of at least 4 members (excludes halogenated alkanes) is 2. The van der Waals surface area contributed by atoms with Crippen LogP contribution in [0.25, 0.3) is 10.8 Å². The first-order valence-electron chi connectivity index (χ1n) is 11.1. The highest BCUT2D eigenvalue weighted by Crippen LogP contribution is 2.30. The second-order valence-electron chi connectivity index (χ2n) is 8.41. The summed E-state index contributed by atoms with van der Waals surface area (Å²) in [5, 5.41) is 12.2. The predicted octanol–water partition coefficient (Wildman–Crippen LogP) is 2.96. The predicted molar refractivity (Wildman–Crippen MR) is 130 cm³/mol. The Morgan fingerprint density at radius 2 is 1.73 bits per heavy atom. The number of anilines is 1. The lowest BCUT2D eigenvalue weighted by Gasteiger charge is -2.17. The first-order valence-corrected chi connectivity index (χ1v) is 12.6. The van der Waals surface area contributed by atoms with Crippen LogP contribution in [-0.4, -0.2) is 56.5 Å². The number of fused-ring (bicyclic) bond motifs is 1. The molecule has 3 rings (SSSR count). The van der Waals surface area contributed by atoms with Crippen LogP contribution in [0.4, 0.5) is 5.69 Å². The maximum Gasteiger partial charge on any atom is 0.273 e. The van der Waals surface area contributed by atoms with Crippen molar-refractivity contribution in [2.45, 2.75) is 44.0 Å². The smallest absolute Gasteiger partial charge is 0.273 e. The lowest BCUT2D eigenvalue weighted by Crippen LogP contribution is -2.26. The Kier molecular flexibility index (Phi) is 8.04. The topological polar surface area (TPSA) is 109 Å². The normalized spacial score (nSPS) is 11.8. The van der Waals surface area contributed by atoms with Crippen LogP contribution >= 0.6 is 0 Å². The van der Waals surface area contributed by atoms with Gasteiger partial charge in [0, 0.05) is 49.7 Å². The number of aromatic nitrogens is 3. The lowest BCUT2D eigenvalue weighted by atomic mass is 10.1. The molecule has 2 N–H and O–H groups in total. The minimum atomic E-state index is -3.63. The van der Waals surface area contributed by atoms with Crippen LogP contribution in [0.3, 0.4) is 0 Å². The van der Waals surface area contributed by atoms with Gasteiger partial charge in [-0.25, -0.2) is 17.8 Å². The van der Waals surface area contributed by atoms with Crippen molar-refractivity contribution in [1.29, 1.82) is 0 Å². The fraction of sp³-hybridized carbons (Fsp3) is 0.435. The van der Waals surface area contributed by atoms with Gasteiger partial charge in [0.2, 0.25) is 10.0 Å². The van der Waals surface area contributed by atoms with E-state index in [1.54, 1.807) is 23.0 Å². The zero-order valence-electron chi connectivity index (χ0n) is 19.6. The van der Waals surface area contributed by atoms with Crippen LogP contribution in [-0.2, 0) is 10.0 Å². The standard InChI is InChI=1S/C23H32N6O3S/c1-17(2)29-16-20(26-27-29)23(30)24-14-6-5-7-15-25-33(31,32)22-13-9-10-18-19(22)11-8-12-21(18)28(3)4/h8-13,16-17,25H,5-7,14-15H2,1-4H3,(H,24,30). The van der Waals surface area contributed by atoms with E-state index in [0.717, 1.165) is 23.9 Å². The van der Waals surface area contributed by atoms with Gasteiger partial charge >= 0.3 is 0 Å². The Bertz CT molecular complexity index is 1200. The summed E-state index contributed by atoms with van der Waals surface area (Å²) in [7, 11) is 0.240.